The lowest BCUT2D eigenvalue weighted by molar-refractivity contribution is 1.13. The predicted octanol–water partition coefficient (Wildman–Crippen LogP) is 3.85. The third-order valence-electron chi connectivity index (χ3n) is 1.52. The van der Waals surface area contributed by atoms with E-state index in [0.717, 1.165) is 17.5 Å². The van der Waals surface area contributed by atoms with E-state index in [0.29, 0.717) is 0 Å². The van der Waals surface area contributed by atoms with Crippen LogP contribution in [0.3, 0.4) is 0 Å². The van der Waals surface area contributed by atoms with Gasteiger partial charge >= 0.3 is 0 Å². The summed E-state index contributed by atoms with van der Waals surface area (Å²) in [5.74, 6) is 0. The number of aryl methyl sites for hydroxylation is 1. The molecule has 0 heterocycles. The molecule has 0 aliphatic rings. The van der Waals surface area contributed by atoms with Crippen molar-refractivity contribution in [2.45, 2.75) is 12.5 Å². The van der Waals surface area contributed by atoms with Crippen molar-refractivity contribution in [3.05, 3.63) is 34.9 Å². The maximum atomic E-state index is 5.73. The zero-order valence-corrected chi connectivity index (χ0v) is 9.63. The Morgan fingerprint density at radius 1 is 1.08 bits per heavy atom. The second-order valence-corrected chi connectivity index (χ2v) is 7.40. The average Bonchev–Trinajstić information content (AvgIpc) is 2.03. The van der Waals surface area contributed by atoms with Crippen LogP contribution in [-0.2, 0) is 6.42 Å². The third kappa shape index (κ3) is 3.81. The Bertz CT molecular complexity index is 233. The van der Waals surface area contributed by atoms with Crippen molar-refractivity contribution in [3.63, 3.8) is 0 Å². The van der Waals surface area contributed by atoms with Gasteiger partial charge in [0.1, 0.15) is 0 Å². The van der Waals surface area contributed by atoms with Gasteiger partial charge in [0, 0.05) is 5.02 Å². The van der Waals surface area contributed by atoms with Crippen LogP contribution in [0, 0.1) is 0 Å². The second-order valence-electron chi connectivity index (χ2n) is 2.47. The summed E-state index contributed by atoms with van der Waals surface area (Å²) in [5.41, 5.74) is 1.24. The van der Waals surface area contributed by atoms with Gasteiger partial charge < -0.3 is 0 Å². The molecule has 1 aromatic rings. The Morgan fingerprint density at radius 2 is 1.67 bits per heavy atom. The Kier molecular flexibility index (Phi) is 4.44. The molecule has 1 rings (SSSR count). The standard InChI is InChI=1S/C8H8Cl3Si/c9-8-3-1-7(2-4-8)5-6-12(10)11/h1-4H,5-6H2. The molecule has 0 saturated heterocycles. The van der Waals surface area contributed by atoms with Gasteiger partial charge in [0.15, 0.2) is 0 Å². The van der Waals surface area contributed by atoms with Crippen molar-refractivity contribution >= 4 is 41.2 Å². The molecule has 0 bridgehead atoms. The molecule has 0 nitrogen and oxygen atoms in total. The van der Waals surface area contributed by atoms with E-state index in [-0.39, 0.29) is 0 Å². The highest BCUT2D eigenvalue weighted by atomic mass is 35.7. The topological polar surface area (TPSA) is 0 Å². The normalized spacial score (nSPS) is 10.7. The zero-order valence-electron chi connectivity index (χ0n) is 6.36. The first kappa shape index (κ1) is 10.4. The van der Waals surface area contributed by atoms with Crippen molar-refractivity contribution in [3.8, 4) is 0 Å². The number of hydrogen-bond donors (Lipinski definition) is 0. The molecule has 0 unspecified atom stereocenters. The lowest BCUT2D eigenvalue weighted by Crippen LogP contribution is -1.94. The van der Waals surface area contributed by atoms with Gasteiger partial charge in [-0.3, -0.25) is 0 Å². The fourth-order valence-electron chi connectivity index (χ4n) is 0.890. The van der Waals surface area contributed by atoms with Gasteiger partial charge in [0.2, 0.25) is 0 Å². The quantitative estimate of drug-likeness (QED) is 0.554. The summed E-state index contributed by atoms with van der Waals surface area (Å²) in [6, 6.07) is 8.65. The zero-order chi connectivity index (χ0) is 8.97. The van der Waals surface area contributed by atoms with Gasteiger partial charge in [-0.15, -0.1) is 22.2 Å². The Morgan fingerprint density at radius 3 is 2.17 bits per heavy atom. The van der Waals surface area contributed by atoms with E-state index in [1.165, 1.54) is 5.56 Å². The van der Waals surface area contributed by atoms with E-state index in [1.54, 1.807) is 0 Å². The summed E-state index contributed by atoms with van der Waals surface area (Å²) in [6.45, 7) is 0. The lowest BCUT2D eigenvalue weighted by Gasteiger charge is -1.99. The molecule has 0 N–H and O–H groups in total. The summed E-state index contributed by atoms with van der Waals surface area (Å²) in [5, 5.41) is 0.765. The minimum atomic E-state index is -1.13. The monoisotopic (exact) mass is 237 g/mol. The number of benzene rings is 1. The molecular weight excluding hydrogens is 231 g/mol. The Hall–Kier alpha value is 0.307. The van der Waals surface area contributed by atoms with E-state index in [4.69, 9.17) is 33.8 Å². The maximum absolute atomic E-state index is 5.73. The molecule has 65 valence electrons. The summed E-state index contributed by atoms with van der Waals surface area (Å²) >= 11 is 17.1. The van der Waals surface area contributed by atoms with Crippen LogP contribution in [0.2, 0.25) is 11.1 Å². The molecule has 1 radical (unpaired) electrons. The molecule has 0 fully saturated rings. The van der Waals surface area contributed by atoms with Crippen LogP contribution in [0.5, 0.6) is 0 Å². The van der Waals surface area contributed by atoms with Crippen molar-refractivity contribution in [2.24, 2.45) is 0 Å². The van der Waals surface area contributed by atoms with E-state index in [9.17, 15) is 0 Å². The molecule has 0 atom stereocenters. The fourth-order valence-corrected chi connectivity index (χ4v) is 2.06. The van der Waals surface area contributed by atoms with Gasteiger partial charge in [0.05, 0.1) is 0 Å². The van der Waals surface area contributed by atoms with E-state index < -0.39 is 7.42 Å². The smallest absolute Gasteiger partial charge is 0.147 e. The highest BCUT2D eigenvalue weighted by Crippen LogP contribution is 2.13. The molecule has 12 heavy (non-hydrogen) atoms. The van der Waals surface area contributed by atoms with Gasteiger partial charge in [-0.1, -0.05) is 23.7 Å². The predicted molar refractivity (Wildman–Crippen MR) is 57.4 cm³/mol. The highest BCUT2D eigenvalue weighted by molar-refractivity contribution is 7.33. The van der Waals surface area contributed by atoms with Crippen LogP contribution in [0.15, 0.2) is 24.3 Å². The maximum Gasteiger partial charge on any atom is 0.274 e. The summed E-state index contributed by atoms with van der Waals surface area (Å²) in [6.07, 6.45) is 0.943. The first-order chi connectivity index (χ1) is 5.68. The van der Waals surface area contributed by atoms with Crippen molar-refractivity contribution < 1.29 is 0 Å². The molecule has 0 aliphatic heterocycles. The first-order valence-corrected chi connectivity index (χ1v) is 7.70. The van der Waals surface area contributed by atoms with E-state index >= 15 is 0 Å². The molecular formula is C8H8Cl3Si. The van der Waals surface area contributed by atoms with Gasteiger partial charge in [-0.2, -0.15) is 0 Å². The number of halogens is 3. The minimum Gasteiger partial charge on any atom is -0.147 e. The van der Waals surface area contributed by atoms with Crippen molar-refractivity contribution in [1.82, 2.24) is 0 Å². The first-order valence-electron chi connectivity index (χ1n) is 3.60. The lowest BCUT2D eigenvalue weighted by atomic mass is 10.2. The van der Waals surface area contributed by atoms with Crippen LogP contribution in [0.4, 0.5) is 0 Å². The molecule has 0 amide bonds. The summed E-state index contributed by atoms with van der Waals surface area (Å²) < 4.78 is 0. The van der Waals surface area contributed by atoms with Gasteiger partial charge in [-0.25, -0.2) is 0 Å². The van der Waals surface area contributed by atoms with Crippen LogP contribution >= 0.6 is 33.8 Å². The SMILES string of the molecule is Clc1ccc(CC[Si](Cl)Cl)cc1. The number of hydrogen-bond acceptors (Lipinski definition) is 0. The molecule has 0 saturated carbocycles. The van der Waals surface area contributed by atoms with Crippen LogP contribution < -0.4 is 0 Å². The van der Waals surface area contributed by atoms with Crippen LogP contribution in [0.25, 0.3) is 0 Å². The number of rotatable bonds is 3. The Labute approximate surface area is 88.5 Å². The highest BCUT2D eigenvalue weighted by Gasteiger charge is 2.03. The van der Waals surface area contributed by atoms with Crippen molar-refractivity contribution in [1.29, 1.82) is 0 Å². The van der Waals surface area contributed by atoms with Crippen LogP contribution in [-0.4, -0.2) is 7.42 Å². The van der Waals surface area contributed by atoms with Gasteiger partial charge in [0.25, 0.3) is 7.42 Å². The molecule has 4 heteroatoms. The van der Waals surface area contributed by atoms with E-state index in [1.807, 2.05) is 24.3 Å². The summed E-state index contributed by atoms with van der Waals surface area (Å²) in [4.78, 5) is 0. The molecule has 0 spiro atoms. The fraction of sp³-hybridized carbons (Fsp3) is 0.250. The molecule has 1 aromatic carbocycles. The largest absolute Gasteiger partial charge is 0.274 e. The van der Waals surface area contributed by atoms with E-state index in [2.05, 4.69) is 0 Å². The molecule has 0 aromatic heterocycles. The van der Waals surface area contributed by atoms with Gasteiger partial charge in [-0.05, 0) is 30.2 Å². The average molecular weight is 239 g/mol. The molecule has 0 aliphatic carbocycles. The summed E-state index contributed by atoms with van der Waals surface area (Å²) in [7, 11) is -1.13. The van der Waals surface area contributed by atoms with Crippen molar-refractivity contribution in [2.75, 3.05) is 0 Å². The Balaban J connectivity index is 2.48. The third-order valence-corrected chi connectivity index (χ3v) is 3.53. The minimum absolute atomic E-state index is 0.765. The second kappa shape index (κ2) is 5.13. The van der Waals surface area contributed by atoms with Crippen LogP contribution in [0.1, 0.15) is 5.56 Å².